The Hall–Kier alpha value is -0.350. The molecule has 1 heterocycles. The maximum absolute atomic E-state index is 5.99. The van der Waals surface area contributed by atoms with Gasteiger partial charge in [-0.3, -0.25) is 0 Å². The number of hydrogen-bond donors (Lipinski definition) is 0. The quantitative estimate of drug-likeness (QED) is 0.749. The summed E-state index contributed by atoms with van der Waals surface area (Å²) in [7, 11) is 2.08. The number of nitrogens with zero attached hydrogens (tertiary/aromatic N) is 3. The summed E-state index contributed by atoms with van der Waals surface area (Å²) >= 11 is 7.18. The fourth-order valence-corrected chi connectivity index (χ4v) is 3.01. The molecule has 0 atom stereocenters. The van der Waals surface area contributed by atoms with Crippen LogP contribution in [-0.4, -0.2) is 21.8 Å². The third kappa shape index (κ3) is 2.61. The van der Waals surface area contributed by atoms with E-state index in [0.29, 0.717) is 11.2 Å². The van der Waals surface area contributed by atoms with Gasteiger partial charge in [0.1, 0.15) is 0 Å². The Morgan fingerprint density at radius 1 is 1.20 bits per heavy atom. The Balaban J connectivity index is 2.06. The highest BCUT2D eigenvalue weighted by Crippen LogP contribution is 2.28. The topological polar surface area (TPSA) is 29.0 Å². The van der Waals surface area contributed by atoms with E-state index in [2.05, 4.69) is 20.7 Å². The van der Waals surface area contributed by atoms with Crippen LogP contribution in [0, 0.1) is 0 Å². The third-order valence-electron chi connectivity index (χ3n) is 3.14. The van der Waals surface area contributed by atoms with Crippen molar-refractivity contribution in [2.24, 2.45) is 0 Å². The zero-order valence-corrected chi connectivity index (χ0v) is 10.5. The van der Waals surface area contributed by atoms with Crippen LogP contribution in [0.25, 0.3) is 0 Å². The number of halogens is 1. The van der Waals surface area contributed by atoms with E-state index in [0.717, 1.165) is 5.82 Å². The molecule has 2 rings (SSSR count). The minimum Gasteiger partial charge on any atom is -0.353 e. The van der Waals surface area contributed by atoms with Crippen molar-refractivity contribution >= 4 is 29.1 Å². The van der Waals surface area contributed by atoms with Crippen LogP contribution in [0.1, 0.15) is 38.5 Å². The maximum atomic E-state index is 5.99. The SMILES string of the molecule is CN(c1nsnc1Cl)C1CCCCCC1. The second kappa shape index (κ2) is 5.12. The molecule has 0 saturated heterocycles. The van der Waals surface area contributed by atoms with E-state index in [1.807, 2.05) is 0 Å². The van der Waals surface area contributed by atoms with Crippen molar-refractivity contribution in [1.82, 2.24) is 8.75 Å². The van der Waals surface area contributed by atoms with Crippen molar-refractivity contribution in [2.45, 2.75) is 44.6 Å². The maximum Gasteiger partial charge on any atom is 0.187 e. The summed E-state index contributed by atoms with van der Waals surface area (Å²) in [5, 5.41) is 0.548. The van der Waals surface area contributed by atoms with E-state index in [9.17, 15) is 0 Å². The van der Waals surface area contributed by atoms with Crippen LogP contribution >= 0.6 is 23.3 Å². The zero-order valence-electron chi connectivity index (χ0n) is 8.95. The van der Waals surface area contributed by atoms with Gasteiger partial charge >= 0.3 is 0 Å². The van der Waals surface area contributed by atoms with Crippen LogP contribution in [-0.2, 0) is 0 Å². The molecule has 0 N–H and O–H groups in total. The molecule has 0 unspecified atom stereocenters. The van der Waals surface area contributed by atoms with Crippen molar-refractivity contribution in [3.63, 3.8) is 0 Å². The first-order valence-corrected chi connectivity index (χ1v) is 6.61. The highest BCUT2D eigenvalue weighted by Gasteiger charge is 2.21. The Morgan fingerprint density at radius 2 is 1.87 bits per heavy atom. The Morgan fingerprint density at radius 3 is 2.40 bits per heavy atom. The van der Waals surface area contributed by atoms with Crippen molar-refractivity contribution in [2.75, 3.05) is 11.9 Å². The minimum atomic E-state index is 0.548. The Kier molecular flexibility index (Phi) is 3.81. The van der Waals surface area contributed by atoms with Gasteiger partial charge in [0.2, 0.25) is 0 Å². The second-order valence-electron chi connectivity index (χ2n) is 4.13. The molecule has 0 radical (unpaired) electrons. The fraction of sp³-hybridized carbons (Fsp3) is 0.800. The molecular weight excluding hydrogens is 230 g/mol. The number of rotatable bonds is 2. The molecule has 15 heavy (non-hydrogen) atoms. The molecule has 84 valence electrons. The van der Waals surface area contributed by atoms with Crippen molar-refractivity contribution in [3.8, 4) is 0 Å². The number of anilines is 1. The van der Waals surface area contributed by atoms with Gasteiger partial charge in [0.05, 0.1) is 11.7 Å². The first kappa shape index (κ1) is 11.1. The minimum absolute atomic E-state index is 0.548. The lowest BCUT2D eigenvalue weighted by Crippen LogP contribution is -2.31. The van der Waals surface area contributed by atoms with E-state index in [4.69, 9.17) is 11.6 Å². The van der Waals surface area contributed by atoms with Gasteiger partial charge in [-0.25, -0.2) is 0 Å². The van der Waals surface area contributed by atoms with Gasteiger partial charge in [-0.2, -0.15) is 8.75 Å². The molecular formula is C10H16ClN3S. The van der Waals surface area contributed by atoms with Crippen LogP contribution in [0.2, 0.25) is 5.15 Å². The molecule has 3 nitrogen and oxygen atoms in total. The van der Waals surface area contributed by atoms with Gasteiger partial charge in [-0.1, -0.05) is 37.3 Å². The summed E-state index contributed by atoms with van der Waals surface area (Å²) in [5.41, 5.74) is 0. The fourth-order valence-electron chi connectivity index (χ4n) is 2.20. The normalized spacial score (nSPS) is 18.8. The largest absolute Gasteiger partial charge is 0.353 e. The molecule has 1 aromatic heterocycles. The Bertz CT molecular complexity index is 307. The van der Waals surface area contributed by atoms with Crippen LogP contribution in [0.15, 0.2) is 0 Å². The van der Waals surface area contributed by atoms with Crippen molar-refractivity contribution in [3.05, 3.63) is 5.15 Å². The molecule has 1 fully saturated rings. The zero-order chi connectivity index (χ0) is 10.7. The van der Waals surface area contributed by atoms with Crippen LogP contribution < -0.4 is 4.90 Å². The van der Waals surface area contributed by atoms with Gasteiger partial charge in [0.25, 0.3) is 0 Å². The third-order valence-corrected chi connectivity index (χ3v) is 4.01. The van der Waals surface area contributed by atoms with Gasteiger partial charge in [-0.15, -0.1) is 0 Å². The molecule has 1 aliphatic rings. The van der Waals surface area contributed by atoms with E-state index in [1.165, 1.54) is 50.3 Å². The van der Waals surface area contributed by atoms with Gasteiger partial charge in [0, 0.05) is 13.1 Å². The van der Waals surface area contributed by atoms with Gasteiger partial charge < -0.3 is 4.90 Å². The summed E-state index contributed by atoms with van der Waals surface area (Å²) in [4.78, 5) is 2.21. The van der Waals surface area contributed by atoms with Gasteiger partial charge in [0.15, 0.2) is 11.0 Å². The lowest BCUT2D eigenvalue weighted by atomic mass is 10.1. The lowest BCUT2D eigenvalue weighted by Gasteiger charge is -2.26. The Labute approximate surface area is 99.8 Å². The molecule has 0 spiro atoms. The van der Waals surface area contributed by atoms with E-state index < -0.39 is 0 Å². The van der Waals surface area contributed by atoms with E-state index in [1.54, 1.807) is 0 Å². The molecule has 0 aromatic carbocycles. The predicted molar refractivity (Wildman–Crippen MR) is 64.8 cm³/mol. The number of aromatic nitrogens is 2. The van der Waals surface area contributed by atoms with E-state index in [-0.39, 0.29) is 0 Å². The molecule has 1 saturated carbocycles. The lowest BCUT2D eigenvalue weighted by molar-refractivity contribution is 0.550. The van der Waals surface area contributed by atoms with Gasteiger partial charge in [-0.05, 0) is 12.8 Å². The predicted octanol–water partition coefficient (Wildman–Crippen LogP) is 3.35. The first-order chi connectivity index (χ1) is 7.29. The molecule has 0 aliphatic heterocycles. The molecule has 1 aliphatic carbocycles. The summed E-state index contributed by atoms with van der Waals surface area (Å²) in [6, 6.07) is 0.592. The average Bonchev–Trinajstić information content (AvgIpc) is 2.53. The molecule has 0 amide bonds. The van der Waals surface area contributed by atoms with Crippen molar-refractivity contribution in [1.29, 1.82) is 0 Å². The summed E-state index contributed by atoms with van der Waals surface area (Å²) in [6.45, 7) is 0. The standard InChI is InChI=1S/C10H16ClN3S/c1-14(10-9(11)12-15-13-10)8-6-4-2-3-5-7-8/h8H,2-7H2,1H3. The number of hydrogen-bond acceptors (Lipinski definition) is 4. The summed E-state index contributed by atoms with van der Waals surface area (Å²) in [6.07, 6.45) is 7.89. The van der Waals surface area contributed by atoms with Crippen molar-refractivity contribution < 1.29 is 0 Å². The van der Waals surface area contributed by atoms with Crippen LogP contribution in [0.3, 0.4) is 0 Å². The second-order valence-corrected chi connectivity index (χ2v) is 5.02. The summed E-state index contributed by atoms with van der Waals surface area (Å²) in [5.74, 6) is 0.855. The molecule has 5 heteroatoms. The highest BCUT2D eigenvalue weighted by atomic mass is 35.5. The monoisotopic (exact) mass is 245 g/mol. The average molecular weight is 246 g/mol. The van der Waals surface area contributed by atoms with Crippen LogP contribution in [0.4, 0.5) is 5.82 Å². The first-order valence-electron chi connectivity index (χ1n) is 5.50. The van der Waals surface area contributed by atoms with E-state index >= 15 is 0 Å². The van der Waals surface area contributed by atoms with Crippen LogP contribution in [0.5, 0.6) is 0 Å². The summed E-state index contributed by atoms with van der Waals surface area (Å²) < 4.78 is 8.26. The molecule has 1 aromatic rings. The smallest absolute Gasteiger partial charge is 0.187 e. The highest BCUT2D eigenvalue weighted by molar-refractivity contribution is 6.99. The molecule has 0 bridgehead atoms.